The van der Waals surface area contributed by atoms with Gasteiger partial charge in [0, 0.05) is 0 Å². The zero-order valence-electron chi connectivity index (χ0n) is 13.4. The summed E-state index contributed by atoms with van der Waals surface area (Å²) in [6.45, 7) is 0. The van der Waals surface area contributed by atoms with Crippen molar-refractivity contribution < 1.29 is 5.11 Å². The maximum atomic E-state index is 11.7. The zero-order chi connectivity index (χ0) is 17.0. The van der Waals surface area contributed by atoms with E-state index in [9.17, 15) is 5.11 Å². The van der Waals surface area contributed by atoms with Gasteiger partial charge in [0.1, 0.15) is 5.60 Å². The number of aliphatic hydroxyl groups is 1. The molecule has 0 aliphatic carbocycles. The van der Waals surface area contributed by atoms with Crippen LogP contribution in [0, 0.1) is 0 Å². The average molecular weight is 318 g/mol. The van der Waals surface area contributed by atoms with Crippen molar-refractivity contribution in [3.63, 3.8) is 0 Å². The fraction of sp³-hybridized carbons (Fsp3) is 0.143. The molecule has 0 heterocycles. The Labute approximate surface area is 142 Å². The summed E-state index contributed by atoms with van der Waals surface area (Å²) in [5.74, 6) is 0. The van der Waals surface area contributed by atoms with Crippen LogP contribution < -0.4 is 11.5 Å². The Morgan fingerprint density at radius 1 is 0.583 bits per heavy atom. The van der Waals surface area contributed by atoms with E-state index in [1.165, 1.54) is 0 Å². The van der Waals surface area contributed by atoms with Gasteiger partial charge in [-0.1, -0.05) is 91.0 Å². The highest BCUT2D eigenvalue weighted by Gasteiger charge is 2.43. The Hall–Kier alpha value is -2.46. The summed E-state index contributed by atoms with van der Waals surface area (Å²) in [6, 6.07) is 27.2. The topological polar surface area (TPSA) is 72.3 Å². The first kappa shape index (κ1) is 16.4. The Morgan fingerprint density at radius 2 is 0.917 bits per heavy atom. The molecular weight excluding hydrogens is 296 g/mol. The van der Waals surface area contributed by atoms with Crippen molar-refractivity contribution in [2.24, 2.45) is 11.5 Å². The van der Waals surface area contributed by atoms with Crippen LogP contribution in [0.4, 0.5) is 0 Å². The summed E-state index contributed by atoms with van der Waals surface area (Å²) in [5.41, 5.74) is 14.0. The summed E-state index contributed by atoms with van der Waals surface area (Å²) < 4.78 is 0. The predicted octanol–water partition coefficient (Wildman–Crippen LogP) is 3.27. The predicted molar refractivity (Wildman–Crippen MR) is 97.1 cm³/mol. The largest absolute Gasteiger partial charge is 0.381 e. The molecule has 0 fully saturated rings. The van der Waals surface area contributed by atoms with E-state index in [1.54, 1.807) is 0 Å². The monoisotopic (exact) mass is 318 g/mol. The molecule has 3 aromatic rings. The van der Waals surface area contributed by atoms with Gasteiger partial charge in [-0.15, -0.1) is 0 Å². The van der Waals surface area contributed by atoms with Crippen LogP contribution >= 0.6 is 0 Å². The molecule has 0 aliphatic heterocycles. The standard InChI is InChI=1S/C21H22N2O/c22-19(16-10-4-1-5-11-16)21(24,18-14-8-3-9-15-18)20(23)17-12-6-2-7-13-17/h1-15,19-20,24H,22-23H2/t19-,20-/m1/s1. The quantitative estimate of drug-likeness (QED) is 0.676. The molecule has 3 heteroatoms. The van der Waals surface area contributed by atoms with Crippen LogP contribution in [0.1, 0.15) is 28.8 Å². The maximum Gasteiger partial charge on any atom is 0.128 e. The summed E-state index contributed by atoms with van der Waals surface area (Å²) >= 11 is 0. The highest BCUT2D eigenvalue weighted by atomic mass is 16.3. The Balaban J connectivity index is 2.11. The first-order valence-corrected chi connectivity index (χ1v) is 8.03. The fourth-order valence-electron chi connectivity index (χ4n) is 3.09. The van der Waals surface area contributed by atoms with Gasteiger partial charge < -0.3 is 16.6 Å². The van der Waals surface area contributed by atoms with E-state index < -0.39 is 17.7 Å². The molecule has 0 saturated carbocycles. The highest BCUT2D eigenvalue weighted by Crippen LogP contribution is 2.42. The third-order valence-corrected chi connectivity index (χ3v) is 4.50. The molecule has 0 bridgehead atoms. The van der Waals surface area contributed by atoms with E-state index in [-0.39, 0.29) is 0 Å². The molecule has 5 N–H and O–H groups in total. The third-order valence-electron chi connectivity index (χ3n) is 4.50. The van der Waals surface area contributed by atoms with Crippen LogP contribution in [0.2, 0.25) is 0 Å². The lowest BCUT2D eigenvalue weighted by molar-refractivity contribution is -0.0180. The van der Waals surface area contributed by atoms with Gasteiger partial charge in [0.25, 0.3) is 0 Å². The molecule has 24 heavy (non-hydrogen) atoms. The second-order valence-corrected chi connectivity index (χ2v) is 5.97. The van der Waals surface area contributed by atoms with Crippen molar-refractivity contribution in [2.45, 2.75) is 17.7 Å². The van der Waals surface area contributed by atoms with Crippen LogP contribution in [0.5, 0.6) is 0 Å². The van der Waals surface area contributed by atoms with Crippen molar-refractivity contribution in [2.75, 3.05) is 0 Å². The second-order valence-electron chi connectivity index (χ2n) is 5.97. The van der Waals surface area contributed by atoms with Gasteiger partial charge in [-0.25, -0.2) is 0 Å². The number of hydrogen-bond acceptors (Lipinski definition) is 3. The summed E-state index contributed by atoms with van der Waals surface area (Å²) in [4.78, 5) is 0. The lowest BCUT2D eigenvalue weighted by Crippen LogP contribution is -2.47. The molecule has 0 unspecified atom stereocenters. The Morgan fingerprint density at radius 3 is 1.29 bits per heavy atom. The van der Waals surface area contributed by atoms with E-state index in [1.807, 2.05) is 91.0 Å². The molecule has 3 aromatic carbocycles. The first-order chi connectivity index (χ1) is 11.6. The molecule has 0 aliphatic rings. The van der Waals surface area contributed by atoms with Crippen LogP contribution in [0.25, 0.3) is 0 Å². The molecule has 3 nitrogen and oxygen atoms in total. The van der Waals surface area contributed by atoms with Gasteiger partial charge in [0.2, 0.25) is 0 Å². The van der Waals surface area contributed by atoms with Crippen molar-refractivity contribution in [1.29, 1.82) is 0 Å². The van der Waals surface area contributed by atoms with Crippen molar-refractivity contribution in [3.8, 4) is 0 Å². The summed E-state index contributed by atoms with van der Waals surface area (Å²) in [7, 11) is 0. The molecule has 0 aromatic heterocycles. The lowest BCUT2D eigenvalue weighted by Gasteiger charge is -2.40. The zero-order valence-corrected chi connectivity index (χ0v) is 13.4. The van der Waals surface area contributed by atoms with Crippen LogP contribution in [-0.2, 0) is 5.60 Å². The normalized spacial score (nSPS) is 14.1. The summed E-state index contributed by atoms with van der Waals surface area (Å²) in [5, 5.41) is 11.7. The van der Waals surface area contributed by atoms with Crippen LogP contribution in [0.15, 0.2) is 91.0 Å². The molecule has 0 saturated heterocycles. The maximum absolute atomic E-state index is 11.7. The Bertz CT molecular complexity index is 714. The van der Waals surface area contributed by atoms with E-state index >= 15 is 0 Å². The molecule has 2 atom stereocenters. The van der Waals surface area contributed by atoms with Gasteiger partial charge >= 0.3 is 0 Å². The van der Waals surface area contributed by atoms with E-state index in [0.717, 1.165) is 11.1 Å². The molecular formula is C21H22N2O. The van der Waals surface area contributed by atoms with Gasteiger partial charge in [0.05, 0.1) is 12.1 Å². The van der Waals surface area contributed by atoms with E-state index in [4.69, 9.17) is 11.5 Å². The number of hydrogen-bond donors (Lipinski definition) is 3. The van der Waals surface area contributed by atoms with Crippen molar-refractivity contribution >= 4 is 0 Å². The lowest BCUT2D eigenvalue weighted by atomic mass is 9.75. The van der Waals surface area contributed by atoms with E-state index in [2.05, 4.69) is 0 Å². The fourth-order valence-corrected chi connectivity index (χ4v) is 3.09. The smallest absolute Gasteiger partial charge is 0.128 e. The molecule has 0 radical (unpaired) electrons. The van der Waals surface area contributed by atoms with Gasteiger partial charge in [-0.2, -0.15) is 0 Å². The van der Waals surface area contributed by atoms with Crippen molar-refractivity contribution in [1.82, 2.24) is 0 Å². The second kappa shape index (κ2) is 6.97. The molecule has 0 amide bonds. The SMILES string of the molecule is N[C@H](c1ccccc1)C(O)(c1ccccc1)[C@H](N)c1ccccc1. The molecule has 122 valence electrons. The number of benzene rings is 3. The van der Waals surface area contributed by atoms with Gasteiger partial charge in [-0.3, -0.25) is 0 Å². The van der Waals surface area contributed by atoms with Gasteiger partial charge in [0.15, 0.2) is 0 Å². The van der Waals surface area contributed by atoms with Crippen LogP contribution in [0.3, 0.4) is 0 Å². The molecule has 0 spiro atoms. The minimum atomic E-state index is -1.43. The molecule has 3 rings (SSSR count). The minimum absolute atomic E-state index is 0.656. The first-order valence-electron chi connectivity index (χ1n) is 8.03. The summed E-state index contributed by atoms with van der Waals surface area (Å²) in [6.07, 6.45) is 0. The highest BCUT2D eigenvalue weighted by molar-refractivity contribution is 5.36. The average Bonchev–Trinajstić information content (AvgIpc) is 2.68. The Kier molecular flexibility index (Phi) is 4.76. The third kappa shape index (κ3) is 2.97. The van der Waals surface area contributed by atoms with E-state index in [0.29, 0.717) is 5.56 Å². The number of nitrogens with two attached hydrogens (primary N) is 2. The number of rotatable bonds is 5. The minimum Gasteiger partial charge on any atom is -0.381 e. The van der Waals surface area contributed by atoms with Crippen LogP contribution in [-0.4, -0.2) is 5.11 Å². The van der Waals surface area contributed by atoms with Crippen molar-refractivity contribution in [3.05, 3.63) is 108 Å². The van der Waals surface area contributed by atoms with Gasteiger partial charge in [-0.05, 0) is 16.7 Å².